The summed E-state index contributed by atoms with van der Waals surface area (Å²) in [7, 11) is 0. The first-order valence-electron chi connectivity index (χ1n) is 5.51. The lowest BCUT2D eigenvalue weighted by atomic mass is 10.2. The Hall–Kier alpha value is -2.96. The van der Waals surface area contributed by atoms with Gasteiger partial charge in [0.15, 0.2) is 0 Å². The van der Waals surface area contributed by atoms with Crippen LogP contribution >= 0.6 is 0 Å². The topological polar surface area (TPSA) is 99.3 Å². The second-order valence-electron chi connectivity index (χ2n) is 3.87. The van der Waals surface area contributed by atoms with E-state index in [-0.39, 0.29) is 11.3 Å². The molecule has 20 heavy (non-hydrogen) atoms. The molecule has 2 aromatic rings. The van der Waals surface area contributed by atoms with Crippen LogP contribution in [0.15, 0.2) is 41.3 Å². The third-order valence-corrected chi connectivity index (χ3v) is 2.52. The first kappa shape index (κ1) is 13.5. The molecule has 0 fully saturated rings. The molecule has 6 nitrogen and oxygen atoms in total. The van der Waals surface area contributed by atoms with Crippen molar-refractivity contribution in [3.05, 3.63) is 63.8 Å². The third kappa shape index (κ3) is 2.72. The van der Waals surface area contributed by atoms with Gasteiger partial charge in [-0.3, -0.25) is 9.59 Å². The summed E-state index contributed by atoms with van der Waals surface area (Å²) in [5.74, 6) is -3.09. The standard InChI is InChI=1S/C13H9FN2O4/c14-10-6-7(3-4-8(10)13(19)20)16-12(18)9-2-1-5-15-11(9)17/h1-6H,(H,15,17)(H,16,18)(H,19,20). The minimum absolute atomic E-state index is 0.0563. The first-order valence-corrected chi connectivity index (χ1v) is 5.51. The number of carbonyl (C=O) groups excluding carboxylic acids is 1. The van der Waals surface area contributed by atoms with Crippen LogP contribution in [0.4, 0.5) is 10.1 Å². The Bertz CT molecular complexity index is 739. The van der Waals surface area contributed by atoms with Crippen molar-refractivity contribution in [1.82, 2.24) is 4.98 Å². The molecule has 0 saturated carbocycles. The number of carboxylic acid groups (broad SMARTS) is 1. The van der Waals surface area contributed by atoms with Gasteiger partial charge in [-0.1, -0.05) is 0 Å². The smallest absolute Gasteiger partial charge is 0.338 e. The molecule has 7 heteroatoms. The molecule has 0 aliphatic carbocycles. The van der Waals surface area contributed by atoms with Gasteiger partial charge >= 0.3 is 5.97 Å². The monoisotopic (exact) mass is 276 g/mol. The molecule has 0 atom stereocenters. The van der Waals surface area contributed by atoms with Crippen LogP contribution in [0, 0.1) is 5.82 Å². The van der Waals surface area contributed by atoms with E-state index >= 15 is 0 Å². The molecule has 0 aliphatic heterocycles. The normalized spacial score (nSPS) is 10.1. The van der Waals surface area contributed by atoms with Crippen LogP contribution in [0.25, 0.3) is 0 Å². The van der Waals surface area contributed by atoms with Gasteiger partial charge in [-0.25, -0.2) is 9.18 Å². The zero-order valence-electron chi connectivity index (χ0n) is 10.0. The maximum absolute atomic E-state index is 13.4. The van der Waals surface area contributed by atoms with Gasteiger partial charge in [0.1, 0.15) is 11.4 Å². The number of hydrogen-bond donors (Lipinski definition) is 3. The molecule has 0 spiro atoms. The second-order valence-corrected chi connectivity index (χ2v) is 3.87. The van der Waals surface area contributed by atoms with E-state index in [9.17, 15) is 18.8 Å². The van der Waals surface area contributed by atoms with Crippen LogP contribution in [-0.2, 0) is 0 Å². The van der Waals surface area contributed by atoms with Crippen molar-refractivity contribution in [2.45, 2.75) is 0 Å². The largest absolute Gasteiger partial charge is 0.478 e. The second kappa shape index (κ2) is 5.35. The van der Waals surface area contributed by atoms with Gasteiger partial charge < -0.3 is 15.4 Å². The minimum Gasteiger partial charge on any atom is -0.478 e. The van der Waals surface area contributed by atoms with E-state index in [4.69, 9.17) is 5.11 Å². The zero-order chi connectivity index (χ0) is 14.7. The average molecular weight is 276 g/mol. The Morgan fingerprint density at radius 2 is 1.95 bits per heavy atom. The molecule has 0 aliphatic rings. The van der Waals surface area contributed by atoms with Gasteiger partial charge in [0.05, 0.1) is 5.56 Å². The molecular weight excluding hydrogens is 267 g/mol. The van der Waals surface area contributed by atoms with Gasteiger partial charge in [0.25, 0.3) is 11.5 Å². The number of halogens is 1. The summed E-state index contributed by atoms with van der Waals surface area (Å²) in [6, 6.07) is 5.93. The van der Waals surface area contributed by atoms with Crippen LogP contribution in [0.5, 0.6) is 0 Å². The van der Waals surface area contributed by atoms with Crippen molar-refractivity contribution in [3.63, 3.8) is 0 Å². The summed E-state index contributed by atoms with van der Waals surface area (Å²) >= 11 is 0. The van der Waals surface area contributed by atoms with Crippen molar-refractivity contribution in [2.24, 2.45) is 0 Å². The van der Waals surface area contributed by atoms with E-state index in [0.717, 1.165) is 12.1 Å². The SMILES string of the molecule is O=C(O)c1ccc(NC(=O)c2ccc[nH]c2=O)cc1F. The first-order chi connectivity index (χ1) is 9.49. The van der Waals surface area contributed by atoms with Crippen molar-refractivity contribution in [3.8, 4) is 0 Å². The van der Waals surface area contributed by atoms with Gasteiger partial charge in [0, 0.05) is 11.9 Å². The average Bonchev–Trinajstić information content (AvgIpc) is 2.38. The number of amides is 1. The molecule has 2 rings (SSSR count). The maximum atomic E-state index is 13.4. The number of anilines is 1. The number of hydrogen-bond acceptors (Lipinski definition) is 3. The van der Waals surface area contributed by atoms with Gasteiger partial charge in [-0.05, 0) is 30.3 Å². The van der Waals surface area contributed by atoms with E-state index in [1.165, 1.54) is 24.4 Å². The van der Waals surface area contributed by atoms with Crippen LogP contribution in [0.1, 0.15) is 20.7 Å². The molecule has 0 unspecified atom stereocenters. The number of benzene rings is 1. The fourth-order valence-corrected chi connectivity index (χ4v) is 1.57. The zero-order valence-corrected chi connectivity index (χ0v) is 10.0. The number of pyridine rings is 1. The predicted molar refractivity (Wildman–Crippen MR) is 68.4 cm³/mol. The van der Waals surface area contributed by atoms with E-state index in [0.29, 0.717) is 0 Å². The third-order valence-electron chi connectivity index (χ3n) is 2.52. The van der Waals surface area contributed by atoms with Crippen molar-refractivity contribution in [2.75, 3.05) is 5.32 Å². The molecule has 3 N–H and O–H groups in total. The Kier molecular flexibility index (Phi) is 3.60. The summed E-state index contributed by atoms with van der Waals surface area (Å²) in [6.07, 6.45) is 1.38. The minimum atomic E-state index is -1.40. The number of aromatic nitrogens is 1. The van der Waals surface area contributed by atoms with Crippen molar-refractivity contribution < 1.29 is 19.1 Å². The summed E-state index contributed by atoms with van der Waals surface area (Å²) in [6.45, 7) is 0. The highest BCUT2D eigenvalue weighted by atomic mass is 19.1. The molecule has 1 heterocycles. The van der Waals surface area contributed by atoms with Crippen LogP contribution in [-0.4, -0.2) is 22.0 Å². The number of aromatic carboxylic acids is 1. The lowest BCUT2D eigenvalue weighted by Gasteiger charge is -2.05. The highest BCUT2D eigenvalue weighted by Gasteiger charge is 2.13. The Morgan fingerprint density at radius 3 is 2.55 bits per heavy atom. The Morgan fingerprint density at radius 1 is 1.20 bits per heavy atom. The van der Waals surface area contributed by atoms with Gasteiger partial charge in [0.2, 0.25) is 0 Å². The number of aromatic amines is 1. The maximum Gasteiger partial charge on any atom is 0.338 e. The number of H-pyrrole nitrogens is 1. The molecule has 0 saturated heterocycles. The molecule has 0 bridgehead atoms. The number of carbonyl (C=O) groups is 2. The predicted octanol–water partition coefficient (Wildman–Crippen LogP) is 1.46. The highest BCUT2D eigenvalue weighted by molar-refractivity contribution is 6.04. The van der Waals surface area contributed by atoms with E-state index in [2.05, 4.69) is 10.3 Å². The van der Waals surface area contributed by atoms with Crippen LogP contribution in [0.3, 0.4) is 0 Å². The summed E-state index contributed by atoms with van der Waals surface area (Å²) in [4.78, 5) is 36.2. The highest BCUT2D eigenvalue weighted by Crippen LogP contribution is 2.15. The molecular formula is C13H9FN2O4. The fraction of sp³-hybridized carbons (Fsp3) is 0. The molecule has 1 amide bonds. The molecule has 102 valence electrons. The fourth-order valence-electron chi connectivity index (χ4n) is 1.57. The molecule has 1 aromatic carbocycles. The number of rotatable bonds is 3. The molecule has 0 radical (unpaired) electrons. The van der Waals surface area contributed by atoms with E-state index in [1.54, 1.807) is 0 Å². The van der Waals surface area contributed by atoms with Crippen molar-refractivity contribution in [1.29, 1.82) is 0 Å². The Labute approximate surface area is 111 Å². The van der Waals surface area contributed by atoms with E-state index in [1.807, 2.05) is 0 Å². The number of carboxylic acids is 1. The summed E-state index contributed by atoms with van der Waals surface area (Å²) in [5.41, 5.74) is -1.15. The van der Waals surface area contributed by atoms with Crippen molar-refractivity contribution >= 4 is 17.6 Å². The number of nitrogens with one attached hydrogen (secondary N) is 2. The van der Waals surface area contributed by atoms with Gasteiger partial charge in [-0.2, -0.15) is 0 Å². The van der Waals surface area contributed by atoms with E-state index < -0.39 is 28.8 Å². The van der Waals surface area contributed by atoms with Crippen LogP contribution < -0.4 is 10.9 Å². The Balaban J connectivity index is 2.25. The van der Waals surface area contributed by atoms with Gasteiger partial charge in [-0.15, -0.1) is 0 Å². The lowest BCUT2D eigenvalue weighted by molar-refractivity contribution is 0.0692. The summed E-state index contributed by atoms with van der Waals surface area (Å²) in [5, 5.41) is 11.0. The van der Waals surface area contributed by atoms with Crippen LogP contribution in [0.2, 0.25) is 0 Å². The quantitative estimate of drug-likeness (QED) is 0.790. The summed E-state index contributed by atoms with van der Waals surface area (Å²) < 4.78 is 13.4. The molecule has 1 aromatic heterocycles. The lowest BCUT2D eigenvalue weighted by Crippen LogP contribution is -2.22.